The molecule has 0 aromatic carbocycles. The van der Waals surface area contributed by atoms with Gasteiger partial charge in [0.05, 0.1) is 0 Å². The zero-order chi connectivity index (χ0) is 13.0. The van der Waals surface area contributed by atoms with Crippen LogP contribution in [0, 0.1) is 5.92 Å². The number of carbonyl (C=O) groups is 1. The molecule has 0 amide bonds. The topological polar surface area (TPSA) is 43.8 Å². The first kappa shape index (κ1) is 14.5. The maximum Gasteiger partial charge on any atom is 0.321 e. The maximum atomic E-state index is 11.3. The van der Waals surface area contributed by atoms with Crippen LogP contribution in [0.3, 0.4) is 0 Å². The fourth-order valence-electron chi connectivity index (χ4n) is 2.95. The molecular weight excluding hydrogens is 216 g/mol. The monoisotopic (exact) mass is 242 g/mol. The molecule has 0 aliphatic carbocycles. The highest BCUT2D eigenvalue weighted by atomic mass is 16.4. The van der Waals surface area contributed by atoms with Gasteiger partial charge in [-0.05, 0) is 38.9 Å². The second-order valence-electron chi connectivity index (χ2n) is 5.39. The van der Waals surface area contributed by atoms with Crippen LogP contribution in [0.5, 0.6) is 0 Å². The van der Waals surface area contributed by atoms with E-state index in [0.29, 0.717) is 6.04 Å². The van der Waals surface area contributed by atoms with E-state index >= 15 is 0 Å². The van der Waals surface area contributed by atoms with E-state index in [1.807, 2.05) is 25.8 Å². The molecule has 0 radical (unpaired) electrons. The van der Waals surface area contributed by atoms with Crippen LogP contribution in [-0.4, -0.2) is 59.6 Å². The third kappa shape index (κ3) is 3.68. The van der Waals surface area contributed by atoms with E-state index in [0.717, 1.165) is 19.6 Å². The van der Waals surface area contributed by atoms with Crippen molar-refractivity contribution in [1.29, 1.82) is 0 Å². The number of nitrogens with zero attached hydrogens (tertiary/aromatic N) is 2. The minimum absolute atomic E-state index is 0.147. The number of hydrogen-bond acceptors (Lipinski definition) is 3. The van der Waals surface area contributed by atoms with Crippen molar-refractivity contribution in [1.82, 2.24) is 9.80 Å². The van der Waals surface area contributed by atoms with Crippen molar-refractivity contribution in [3.05, 3.63) is 0 Å². The highest BCUT2D eigenvalue weighted by Crippen LogP contribution is 2.19. The van der Waals surface area contributed by atoms with E-state index in [1.165, 1.54) is 12.8 Å². The van der Waals surface area contributed by atoms with Gasteiger partial charge in [-0.1, -0.05) is 20.8 Å². The molecule has 1 heterocycles. The molecule has 0 spiro atoms. The zero-order valence-electron chi connectivity index (χ0n) is 11.5. The van der Waals surface area contributed by atoms with Gasteiger partial charge in [-0.2, -0.15) is 0 Å². The predicted molar refractivity (Wildman–Crippen MR) is 69.2 cm³/mol. The van der Waals surface area contributed by atoms with E-state index in [4.69, 9.17) is 0 Å². The second-order valence-corrected chi connectivity index (χ2v) is 5.39. The van der Waals surface area contributed by atoms with Gasteiger partial charge in [0.15, 0.2) is 0 Å². The molecule has 1 fully saturated rings. The fourth-order valence-corrected chi connectivity index (χ4v) is 2.95. The number of aliphatic carboxylic acids is 1. The second kappa shape index (κ2) is 6.36. The van der Waals surface area contributed by atoms with Crippen molar-refractivity contribution in [2.24, 2.45) is 5.92 Å². The summed E-state index contributed by atoms with van der Waals surface area (Å²) in [6, 6.07) is 0.167. The summed E-state index contributed by atoms with van der Waals surface area (Å²) >= 11 is 0. The lowest BCUT2D eigenvalue weighted by atomic mass is 10.0. The Bertz CT molecular complexity index is 256. The van der Waals surface area contributed by atoms with Crippen LogP contribution in [0.25, 0.3) is 0 Å². The van der Waals surface area contributed by atoms with Crippen LogP contribution >= 0.6 is 0 Å². The van der Waals surface area contributed by atoms with Gasteiger partial charge in [0.25, 0.3) is 0 Å². The first-order valence-corrected chi connectivity index (χ1v) is 6.64. The Morgan fingerprint density at radius 3 is 2.65 bits per heavy atom. The molecule has 0 bridgehead atoms. The number of carboxylic acid groups (broad SMARTS) is 1. The summed E-state index contributed by atoms with van der Waals surface area (Å²) in [7, 11) is 1.94. The summed E-state index contributed by atoms with van der Waals surface area (Å²) in [5, 5.41) is 9.26. The molecule has 4 heteroatoms. The Hall–Kier alpha value is -0.610. The zero-order valence-corrected chi connectivity index (χ0v) is 11.5. The van der Waals surface area contributed by atoms with Crippen molar-refractivity contribution in [2.75, 3.05) is 26.7 Å². The van der Waals surface area contributed by atoms with Crippen molar-refractivity contribution in [2.45, 2.75) is 45.7 Å². The molecule has 0 aromatic heterocycles. The number of rotatable bonds is 6. The summed E-state index contributed by atoms with van der Waals surface area (Å²) in [5.74, 6) is -0.558. The van der Waals surface area contributed by atoms with Crippen LogP contribution in [0.2, 0.25) is 0 Å². The van der Waals surface area contributed by atoms with Gasteiger partial charge in [0, 0.05) is 12.6 Å². The van der Waals surface area contributed by atoms with Crippen LogP contribution in [-0.2, 0) is 4.79 Å². The molecule has 4 nitrogen and oxygen atoms in total. The van der Waals surface area contributed by atoms with Crippen LogP contribution in [0.1, 0.15) is 33.6 Å². The Labute approximate surface area is 105 Å². The summed E-state index contributed by atoms with van der Waals surface area (Å²) in [6.07, 6.45) is 2.44. The Morgan fingerprint density at radius 1 is 1.53 bits per heavy atom. The minimum Gasteiger partial charge on any atom is -0.480 e. The average Bonchev–Trinajstić information content (AvgIpc) is 2.63. The van der Waals surface area contributed by atoms with E-state index in [-0.39, 0.29) is 12.0 Å². The lowest BCUT2D eigenvalue weighted by molar-refractivity contribution is -0.144. The molecule has 1 aliphatic heterocycles. The molecule has 0 saturated carbocycles. The van der Waals surface area contributed by atoms with Gasteiger partial charge in [-0.25, -0.2) is 0 Å². The van der Waals surface area contributed by atoms with Gasteiger partial charge in [0.2, 0.25) is 0 Å². The number of hydrogen-bond donors (Lipinski definition) is 1. The Morgan fingerprint density at radius 2 is 2.18 bits per heavy atom. The Balaban J connectivity index is 2.57. The minimum atomic E-state index is -0.705. The third-order valence-corrected chi connectivity index (χ3v) is 3.76. The molecule has 1 aliphatic rings. The van der Waals surface area contributed by atoms with Crippen molar-refractivity contribution >= 4 is 5.97 Å². The van der Waals surface area contributed by atoms with Crippen molar-refractivity contribution in [3.63, 3.8) is 0 Å². The summed E-state index contributed by atoms with van der Waals surface area (Å²) < 4.78 is 0. The summed E-state index contributed by atoms with van der Waals surface area (Å²) in [6.45, 7) is 9.22. The van der Waals surface area contributed by atoms with Gasteiger partial charge in [0.1, 0.15) is 6.04 Å². The highest BCUT2D eigenvalue weighted by molar-refractivity contribution is 5.73. The quantitative estimate of drug-likeness (QED) is 0.767. The van der Waals surface area contributed by atoms with E-state index < -0.39 is 5.97 Å². The largest absolute Gasteiger partial charge is 0.480 e. The van der Waals surface area contributed by atoms with E-state index in [2.05, 4.69) is 11.8 Å². The predicted octanol–water partition coefficient (Wildman–Crippen LogP) is 1.51. The lowest BCUT2D eigenvalue weighted by Crippen LogP contribution is -2.48. The molecule has 2 atom stereocenters. The number of likely N-dealkylation sites (tertiary alicyclic amines) is 1. The normalized spacial score (nSPS) is 23.5. The van der Waals surface area contributed by atoms with Gasteiger partial charge in [-0.3, -0.25) is 14.6 Å². The van der Waals surface area contributed by atoms with Crippen molar-refractivity contribution < 1.29 is 9.90 Å². The molecular formula is C13H26N2O2. The summed E-state index contributed by atoms with van der Waals surface area (Å²) in [4.78, 5) is 15.7. The summed E-state index contributed by atoms with van der Waals surface area (Å²) in [5.41, 5.74) is 0. The molecule has 1 N–H and O–H groups in total. The highest BCUT2D eigenvalue weighted by Gasteiger charge is 2.30. The van der Waals surface area contributed by atoms with Crippen molar-refractivity contribution in [3.8, 4) is 0 Å². The SMILES string of the molecule is CCN1CCCC1CN(C)C(C(=O)O)C(C)C. The smallest absolute Gasteiger partial charge is 0.321 e. The van der Waals surface area contributed by atoms with Gasteiger partial charge in [-0.15, -0.1) is 0 Å². The molecule has 1 saturated heterocycles. The lowest BCUT2D eigenvalue weighted by Gasteiger charge is -2.32. The Kier molecular flexibility index (Phi) is 5.40. The third-order valence-electron chi connectivity index (χ3n) is 3.76. The molecule has 1 rings (SSSR count). The van der Waals surface area contributed by atoms with E-state index in [9.17, 15) is 9.90 Å². The average molecular weight is 242 g/mol. The maximum absolute atomic E-state index is 11.3. The molecule has 17 heavy (non-hydrogen) atoms. The number of likely N-dealkylation sites (N-methyl/N-ethyl adjacent to an activating group) is 2. The van der Waals surface area contributed by atoms with Crippen LogP contribution < -0.4 is 0 Å². The van der Waals surface area contributed by atoms with Gasteiger partial charge >= 0.3 is 5.97 Å². The van der Waals surface area contributed by atoms with Crippen LogP contribution in [0.4, 0.5) is 0 Å². The van der Waals surface area contributed by atoms with E-state index in [1.54, 1.807) is 0 Å². The molecule has 2 unspecified atom stereocenters. The van der Waals surface area contributed by atoms with Gasteiger partial charge < -0.3 is 5.11 Å². The first-order valence-electron chi connectivity index (χ1n) is 6.64. The van der Waals surface area contributed by atoms with Crippen LogP contribution in [0.15, 0.2) is 0 Å². The molecule has 0 aromatic rings. The fraction of sp³-hybridized carbons (Fsp3) is 0.923. The standard InChI is InChI=1S/C13H26N2O2/c1-5-15-8-6-7-11(15)9-14(4)12(10(2)3)13(16)17/h10-12H,5-9H2,1-4H3,(H,16,17). The molecule has 100 valence electrons. The first-order chi connectivity index (χ1) is 7.97. The number of carboxylic acids is 1.